The number of carbonyl (C=O) groups is 2. The van der Waals surface area contributed by atoms with E-state index in [0.29, 0.717) is 18.2 Å². The molecular weight excluding hydrogens is 388 g/mol. The van der Waals surface area contributed by atoms with Gasteiger partial charge in [0.2, 0.25) is 11.8 Å². The van der Waals surface area contributed by atoms with Gasteiger partial charge in [-0.2, -0.15) is 0 Å². The Labute approximate surface area is 185 Å². The molecule has 2 amide bonds. The summed E-state index contributed by atoms with van der Waals surface area (Å²) < 4.78 is 0. The molecule has 0 N–H and O–H groups in total. The zero-order valence-corrected chi connectivity index (χ0v) is 18.9. The fourth-order valence-electron chi connectivity index (χ4n) is 6.27. The summed E-state index contributed by atoms with van der Waals surface area (Å²) in [6.07, 6.45) is 13.9. The summed E-state index contributed by atoms with van der Waals surface area (Å²) in [5.41, 5.74) is 2.12. The second kappa shape index (κ2) is 8.87. The summed E-state index contributed by atoms with van der Waals surface area (Å²) in [5.74, 6) is 2.85. The van der Waals surface area contributed by atoms with Crippen molar-refractivity contribution in [1.82, 2.24) is 14.9 Å². The zero-order valence-electron chi connectivity index (χ0n) is 18.9. The molecule has 0 unspecified atom stereocenters. The van der Waals surface area contributed by atoms with E-state index in [2.05, 4.69) is 6.92 Å². The zero-order chi connectivity index (χ0) is 21.4. The highest BCUT2D eigenvalue weighted by atomic mass is 16.2. The molecule has 1 atom stereocenters. The number of carbonyl (C=O) groups excluding carboxylic acids is 2. The van der Waals surface area contributed by atoms with Gasteiger partial charge >= 0.3 is 0 Å². The first kappa shape index (κ1) is 20.9. The van der Waals surface area contributed by atoms with Crippen molar-refractivity contribution in [2.24, 2.45) is 11.8 Å². The lowest BCUT2D eigenvalue weighted by molar-refractivity contribution is -0.136. The Morgan fingerprint density at radius 2 is 1.68 bits per heavy atom. The largest absolute Gasteiger partial charge is 0.332 e. The number of hydrogen-bond donors (Lipinski definition) is 0. The number of likely N-dealkylation sites (tertiary alicyclic amines) is 1. The standard InChI is InChI=1S/C25H36N4O2/c1-17-20-13-14-22(30)29(16-18-8-3-2-4-9-18)24(20)27-23(26-17)21-12-7-15-28(21)25(31)19-10-5-6-11-19/h18-19,21H,2-16H2,1H3/t21-/m1/s1. The smallest absolute Gasteiger partial charge is 0.228 e. The minimum atomic E-state index is -0.0364. The maximum absolute atomic E-state index is 13.2. The number of nitrogens with zero attached hydrogens (tertiary/aromatic N) is 4. The first-order valence-corrected chi connectivity index (χ1v) is 12.6. The van der Waals surface area contributed by atoms with Gasteiger partial charge in [-0.1, -0.05) is 32.1 Å². The third-order valence-electron chi connectivity index (χ3n) is 8.06. The van der Waals surface area contributed by atoms with Crippen LogP contribution in [0.25, 0.3) is 0 Å². The van der Waals surface area contributed by atoms with Gasteiger partial charge in [-0.25, -0.2) is 9.97 Å². The highest BCUT2D eigenvalue weighted by Crippen LogP contribution is 2.38. The van der Waals surface area contributed by atoms with Crippen LogP contribution in [-0.4, -0.2) is 39.8 Å². The molecule has 31 heavy (non-hydrogen) atoms. The summed E-state index contributed by atoms with van der Waals surface area (Å²) >= 11 is 0. The SMILES string of the molecule is Cc1nc([C@H]2CCCN2C(=O)C2CCCC2)nc2c1CCC(=O)N2CC1CCCCC1. The fourth-order valence-corrected chi connectivity index (χ4v) is 6.27. The molecule has 0 bridgehead atoms. The van der Waals surface area contributed by atoms with E-state index in [-0.39, 0.29) is 17.9 Å². The number of hydrogen-bond acceptors (Lipinski definition) is 4. The van der Waals surface area contributed by atoms with Gasteiger partial charge in [0.25, 0.3) is 0 Å². The number of anilines is 1. The molecule has 0 aromatic carbocycles. The van der Waals surface area contributed by atoms with Crippen LogP contribution in [0.2, 0.25) is 0 Å². The van der Waals surface area contributed by atoms with Crippen molar-refractivity contribution in [3.63, 3.8) is 0 Å². The van der Waals surface area contributed by atoms with E-state index in [1.807, 2.05) is 9.80 Å². The number of aryl methyl sites for hydroxylation is 1. The predicted octanol–water partition coefficient (Wildman–Crippen LogP) is 4.50. The summed E-state index contributed by atoms with van der Waals surface area (Å²) in [4.78, 5) is 40.0. The van der Waals surface area contributed by atoms with Crippen LogP contribution >= 0.6 is 0 Å². The van der Waals surface area contributed by atoms with Crippen molar-refractivity contribution in [2.45, 2.75) is 96.4 Å². The van der Waals surface area contributed by atoms with Crippen molar-refractivity contribution in [2.75, 3.05) is 18.0 Å². The van der Waals surface area contributed by atoms with Gasteiger partial charge in [0.15, 0.2) is 5.82 Å². The van der Waals surface area contributed by atoms with Gasteiger partial charge in [0, 0.05) is 36.7 Å². The van der Waals surface area contributed by atoms with Crippen molar-refractivity contribution in [3.05, 3.63) is 17.1 Å². The summed E-state index contributed by atoms with van der Waals surface area (Å²) in [6, 6.07) is -0.0364. The number of aromatic nitrogens is 2. The van der Waals surface area contributed by atoms with Gasteiger partial charge in [-0.3, -0.25) is 14.5 Å². The van der Waals surface area contributed by atoms with Crippen LogP contribution in [0.5, 0.6) is 0 Å². The van der Waals surface area contributed by atoms with E-state index >= 15 is 0 Å². The lowest BCUT2D eigenvalue weighted by Gasteiger charge is -2.34. The molecule has 3 heterocycles. The second-order valence-electron chi connectivity index (χ2n) is 10.1. The normalized spacial score (nSPS) is 25.3. The molecule has 1 aromatic heterocycles. The average molecular weight is 425 g/mol. The molecule has 6 heteroatoms. The van der Waals surface area contributed by atoms with Gasteiger partial charge in [-0.15, -0.1) is 0 Å². The van der Waals surface area contributed by atoms with Crippen LogP contribution in [0.15, 0.2) is 0 Å². The number of rotatable bonds is 4. The molecule has 6 nitrogen and oxygen atoms in total. The minimum absolute atomic E-state index is 0.0364. The molecular formula is C25H36N4O2. The molecule has 1 aromatic rings. The van der Waals surface area contributed by atoms with Crippen LogP contribution in [0.3, 0.4) is 0 Å². The molecule has 5 rings (SSSR count). The molecule has 4 aliphatic rings. The Bertz CT molecular complexity index is 842. The summed E-state index contributed by atoms with van der Waals surface area (Å²) in [5, 5.41) is 0. The Kier molecular flexibility index (Phi) is 5.98. The van der Waals surface area contributed by atoms with Gasteiger partial charge < -0.3 is 4.90 Å². The fraction of sp³-hybridized carbons (Fsp3) is 0.760. The average Bonchev–Trinajstić information content (AvgIpc) is 3.48. The first-order valence-electron chi connectivity index (χ1n) is 12.6. The molecule has 2 saturated carbocycles. The van der Waals surface area contributed by atoms with E-state index in [1.54, 1.807) is 0 Å². The molecule has 3 fully saturated rings. The Morgan fingerprint density at radius 3 is 2.45 bits per heavy atom. The van der Waals surface area contributed by atoms with Crippen LogP contribution in [0.4, 0.5) is 5.82 Å². The highest BCUT2D eigenvalue weighted by Gasteiger charge is 2.38. The van der Waals surface area contributed by atoms with E-state index in [4.69, 9.17) is 9.97 Å². The monoisotopic (exact) mass is 424 g/mol. The van der Waals surface area contributed by atoms with Crippen molar-refractivity contribution >= 4 is 17.6 Å². The topological polar surface area (TPSA) is 66.4 Å². The molecule has 0 radical (unpaired) electrons. The third-order valence-corrected chi connectivity index (χ3v) is 8.06. The lowest BCUT2D eigenvalue weighted by atomic mass is 9.88. The maximum atomic E-state index is 13.2. The Balaban J connectivity index is 1.43. The Hall–Kier alpha value is -1.98. The van der Waals surface area contributed by atoms with Crippen molar-refractivity contribution < 1.29 is 9.59 Å². The van der Waals surface area contributed by atoms with Gasteiger partial charge in [0.05, 0.1) is 6.04 Å². The first-order chi connectivity index (χ1) is 15.1. The van der Waals surface area contributed by atoms with E-state index in [1.165, 1.54) is 44.9 Å². The second-order valence-corrected chi connectivity index (χ2v) is 10.1. The summed E-state index contributed by atoms with van der Waals surface area (Å²) in [6.45, 7) is 3.65. The van der Waals surface area contributed by atoms with Crippen LogP contribution in [0, 0.1) is 18.8 Å². The van der Waals surface area contributed by atoms with Gasteiger partial charge in [0.1, 0.15) is 5.82 Å². The van der Waals surface area contributed by atoms with Gasteiger partial charge in [-0.05, 0) is 57.8 Å². The summed E-state index contributed by atoms with van der Waals surface area (Å²) in [7, 11) is 0. The quantitative estimate of drug-likeness (QED) is 0.714. The van der Waals surface area contributed by atoms with E-state index in [0.717, 1.165) is 68.1 Å². The maximum Gasteiger partial charge on any atom is 0.228 e. The lowest BCUT2D eigenvalue weighted by Crippen LogP contribution is -2.41. The van der Waals surface area contributed by atoms with Crippen LogP contribution < -0.4 is 4.90 Å². The predicted molar refractivity (Wildman–Crippen MR) is 120 cm³/mol. The van der Waals surface area contributed by atoms with Crippen molar-refractivity contribution in [1.29, 1.82) is 0 Å². The highest BCUT2D eigenvalue weighted by molar-refractivity contribution is 5.95. The van der Waals surface area contributed by atoms with Crippen LogP contribution in [0.1, 0.15) is 100 Å². The third kappa shape index (κ3) is 4.10. The number of amides is 2. The minimum Gasteiger partial charge on any atom is -0.332 e. The molecule has 1 saturated heterocycles. The van der Waals surface area contributed by atoms with E-state index in [9.17, 15) is 9.59 Å². The number of fused-ring (bicyclic) bond motifs is 1. The van der Waals surface area contributed by atoms with E-state index < -0.39 is 0 Å². The Morgan fingerprint density at radius 1 is 0.935 bits per heavy atom. The van der Waals surface area contributed by atoms with Crippen molar-refractivity contribution in [3.8, 4) is 0 Å². The van der Waals surface area contributed by atoms with Crippen LogP contribution in [-0.2, 0) is 16.0 Å². The molecule has 2 aliphatic heterocycles. The molecule has 0 spiro atoms. The molecule has 2 aliphatic carbocycles. The molecule has 168 valence electrons.